The van der Waals surface area contributed by atoms with Gasteiger partial charge in [0, 0.05) is 12.4 Å². The van der Waals surface area contributed by atoms with E-state index in [1.54, 1.807) is 24.4 Å². The lowest BCUT2D eigenvalue weighted by Gasteiger charge is -2.06. The van der Waals surface area contributed by atoms with E-state index < -0.39 is 11.7 Å². The zero-order valence-electron chi connectivity index (χ0n) is 9.59. The second-order valence-electron chi connectivity index (χ2n) is 3.55. The van der Waals surface area contributed by atoms with E-state index >= 15 is 0 Å². The van der Waals surface area contributed by atoms with Crippen LogP contribution in [0.15, 0.2) is 47.8 Å². The Labute approximate surface area is 107 Å². The Hall–Kier alpha value is -2.44. The first-order chi connectivity index (χ1) is 9.05. The van der Waals surface area contributed by atoms with Gasteiger partial charge in [-0.05, 0) is 24.3 Å². The predicted octanol–water partition coefficient (Wildman–Crippen LogP) is 2.94. The predicted molar refractivity (Wildman–Crippen MR) is 64.7 cm³/mol. The highest BCUT2D eigenvalue weighted by Crippen LogP contribution is 2.28. The number of nitrogens with one attached hydrogen (secondary N) is 1. The summed E-state index contributed by atoms with van der Waals surface area (Å²) in [6, 6.07) is 7.45. The van der Waals surface area contributed by atoms with Crippen LogP contribution < -0.4 is 5.43 Å². The van der Waals surface area contributed by atoms with Crippen molar-refractivity contribution in [1.29, 1.82) is 0 Å². The van der Waals surface area contributed by atoms with Crippen molar-refractivity contribution in [2.24, 2.45) is 5.10 Å². The van der Waals surface area contributed by atoms with Crippen LogP contribution in [-0.2, 0) is 6.18 Å². The van der Waals surface area contributed by atoms with Gasteiger partial charge in [0.15, 0.2) is 0 Å². The summed E-state index contributed by atoms with van der Waals surface area (Å²) >= 11 is 0. The summed E-state index contributed by atoms with van der Waals surface area (Å²) in [5.74, 6) is 0.222. The molecule has 0 aliphatic heterocycles. The summed E-state index contributed by atoms with van der Waals surface area (Å²) in [7, 11) is 0. The normalized spacial score (nSPS) is 11.7. The maximum Gasteiger partial charge on any atom is 0.417 e. The Bertz CT molecular complexity index is 549. The van der Waals surface area contributed by atoms with Gasteiger partial charge < -0.3 is 0 Å². The molecule has 2 heterocycles. The fourth-order valence-electron chi connectivity index (χ4n) is 1.24. The van der Waals surface area contributed by atoms with Crippen molar-refractivity contribution >= 4 is 12.0 Å². The van der Waals surface area contributed by atoms with E-state index in [4.69, 9.17) is 0 Å². The fraction of sp³-hybridized carbons (Fsp3) is 0.0833. The molecule has 0 unspecified atom stereocenters. The second kappa shape index (κ2) is 5.47. The van der Waals surface area contributed by atoms with Gasteiger partial charge in [0.1, 0.15) is 5.82 Å². The molecule has 2 rings (SSSR count). The molecular formula is C12H9F3N4. The lowest BCUT2D eigenvalue weighted by atomic mass is 10.3. The zero-order chi connectivity index (χ0) is 13.7. The van der Waals surface area contributed by atoms with Gasteiger partial charge in [-0.3, -0.25) is 10.4 Å². The number of anilines is 1. The lowest BCUT2D eigenvalue weighted by Crippen LogP contribution is -2.05. The molecule has 2 aromatic heterocycles. The Morgan fingerprint density at radius 3 is 2.53 bits per heavy atom. The van der Waals surface area contributed by atoms with Crippen LogP contribution in [0.25, 0.3) is 0 Å². The van der Waals surface area contributed by atoms with Crippen LogP contribution in [0.1, 0.15) is 11.3 Å². The first kappa shape index (κ1) is 13.0. The molecule has 0 aromatic carbocycles. The van der Waals surface area contributed by atoms with Crippen molar-refractivity contribution in [2.45, 2.75) is 6.18 Å². The largest absolute Gasteiger partial charge is 0.417 e. The number of alkyl halides is 3. The number of halogens is 3. The van der Waals surface area contributed by atoms with E-state index in [9.17, 15) is 13.2 Å². The van der Waals surface area contributed by atoms with Crippen LogP contribution in [-0.4, -0.2) is 16.2 Å². The summed E-state index contributed by atoms with van der Waals surface area (Å²) in [6.07, 6.45) is -0.585. The third kappa shape index (κ3) is 3.77. The molecule has 0 amide bonds. The molecule has 0 spiro atoms. The Morgan fingerprint density at radius 1 is 1.11 bits per heavy atom. The van der Waals surface area contributed by atoms with Gasteiger partial charge in [0.05, 0.1) is 17.5 Å². The number of hydrogen-bond acceptors (Lipinski definition) is 4. The van der Waals surface area contributed by atoms with Crippen molar-refractivity contribution in [3.63, 3.8) is 0 Å². The van der Waals surface area contributed by atoms with Gasteiger partial charge in [-0.2, -0.15) is 18.3 Å². The average molecular weight is 266 g/mol. The van der Waals surface area contributed by atoms with Gasteiger partial charge in [-0.25, -0.2) is 4.98 Å². The molecule has 1 N–H and O–H groups in total. The molecule has 98 valence electrons. The van der Waals surface area contributed by atoms with E-state index in [0.717, 1.165) is 12.3 Å². The number of hydrazone groups is 1. The van der Waals surface area contributed by atoms with Gasteiger partial charge in [0.25, 0.3) is 0 Å². The number of aromatic nitrogens is 2. The Kier molecular flexibility index (Phi) is 3.74. The van der Waals surface area contributed by atoms with Crippen molar-refractivity contribution in [3.8, 4) is 0 Å². The summed E-state index contributed by atoms with van der Waals surface area (Å²) < 4.78 is 36.9. The van der Waals surface area contributed by atoms with Crippen LogP contribution >= 0.6 is 0 Å². The Morgan fingerprint density at radius 2 is 1.95 bits per heavy atom. The van der Waals surface area contributed by atoms with Crippen LogP contribution in [0.2, 0.25) is 0 Å². The van der Waals surface area contributed by atoms with E-state index in [1.807, 2.05) is 0 Å². The zero-order valence-corrected chi connectivity index (χ0v) is 9.59. The highest BCUT2D eigenvalue weighted by atomic mass is 19.4. The molecule has 0 bridgehead atoms. The molecule has 7 heteroatoms. The minimum Gasteiger partial charge on any atom is -0.261 e. The average Bonchev–Trinajstić information content (AvgIpc) is 2.39. The smallest absolute Gasteiger partial charge is 0.261 e. The maximum absolute atomic E-state index is 12.3. The molecule has 19 heavy (non-hydrogen) atoms. The van der Waals surface area contributed by atoms with E-state index in [0.29, 0.717) is 5.69 Å². The van der Waals surface area contributed by atoms with E-state index in [2.05, 4.69) is 20.5 Å². The standard InChI is InChI=1S/C12H9F3N4/c13-12(14,15)9-4-5-11(17-7-9)19-18-8-10-3-1-2-6-16-10/h1-8H,(H,17,19). The lowest BCUT2D eigenvalue weighted by molar-refractivity contribution is -0.137. The minimum atomic E-state index is -4.39. The van der Waals surface area contributed by atoms with Gasteiger partial charge in [0.2, 0.25) is 0 Å². The molecule has 0 aliphatic carbocycles. The third-order valence-corrected chi connectivity index (χ3v) is 2.15. The quantitative estimate of drug-likeness (QED) is 0.686. The molecule has 0 fully saturated rings. The van der Waals surface area contributed by atoms with Crippen molar-refractivity contribution in [3.05, 3.63) is 54.0 Å². The summed E-state index contributed by atoms with van der Waals surface area (Å²) in [4.78, 5) is 7.61. The van der Waals surface area contributed by atoms with Crippen LogP contribution in [0.3, 0.4) is 0 Å². The van der Waals surface area contributed by atoms with Gasteiger partial charge in [-0.15, -0.1) is 0 Å². The van der Waals surface area contributed by atoms with E-state index in [1.165, 1.54) is 12.3 Å². The van der Waals surface area contributed by atoms with Crippen molar-refractivity contribution in [1.82, 2.24) is 9.97 Å². The summed E-state index contributed by atoms with van der Waals surface area (Å²) in [5.41, 5.74) is 2.35. The summed E-state index contributed by atoms with van der Waals surface area (Å²) in [5, 5.41) is 3.82. The monoisotopic (exact) mass is 266 g/mol. The van der Waals surface area contributed by atoms with Crippen LogP contribution in [0.4, 0.5) is 19.0 Å². The SMILES string of the molecule is FC(F)(F)c1ccc(NN=Cc2ccccn2)nc1. The van der Waals surface area contributed by atoms with Crippen LogP contribution in [0, 0.1) is 0 Å². The Balaban J connectivity index is 1.99. The number of nitrogens with zero attached hydrogens (tertiary/aromatic N) is 3. The first-order valence-corrected chi connectivity index (χ1v) is 5.29. The number of rotatable bonds is 3. The highest BCUT2D eigenvalue weighted by molar-refractivity contribution is 5.77. The van der Waals surface area contributed by atoms with E-state index in [-0.39, 0.29) is 5.82 Å². The maximum atomic E-state index is 12.3. The molecular weight excluding hydrogens is 257 g/mol. The van der Waals surface area contributed by atoms with Crippen molar-refractivity contribution in [2.75, 3.05) is 5.43 Å². The number of pyridine rings is 2. The van der Waals surface area contributed by atoms with Gasteiger partial charge >= 0.3 is 6.18 Å². The molecule has 0 saturated heterocycles. The third-order valence-electron chi connectivity index (χ3n) is 2.15. The molecule has 2 aromatic rings. The minimum absolute atomic E-state index is 0.222. The fourth-order valence-corrected chi connectivity index (χ4v) is 1.24. The second-order valence-corrected chi connectivity index (χ2v) is 3.55. The summed E-state index contributed by atoms with van der Waals surface area (Å²) in [6.45, 7) is 0. The first-order valence-electron chi connectivity index (χ1n) is 5.29. The van der Waals surface area contributed by atoms with Crippen molar-refractivity contribution < 1.29 is 13.2 Å². The molecule has 0 atom stereocenters. The molecule has 4 nitrogen and oxygen atoms in total. The molecule has 0 saturated carbocycles. The molecule has 0 aliphatic rings. The highest BCUT2D eigenvalue weighted by Gasteiger charge is 2.30. The van der Waals surface area contributed by atoms with Gasteiger partial charge in [-0.1, -0.05) is 6.07 Å². The topological polar surface area (TPSA) is 50.2 Å². The molecule has 0 radical (unpaired) electrons. The number of hydrogen-bond donors (Lipinski definition) is 1. The van der Waals surface area contributed by atoms with Crippen LogP contribution in [0.5, 0.6) is 0 Å².